The molecule has 1 aromatic rings. The zero-order valence-electron chi connectivity index (χ0n) is 8.70. The molecule has 0 atom stereocenters. The van der Waals surface area contributed by atoms with Crippen LogP contribution in [0.2, 0.25) is 0 Å². The molecule has 0 radical (unpaired) electrons. The van der Waals surface area contributed by atoms with E-state index >= 15 is 0 Å². The molecule has 2 rings (SSSR count). The van der Waals surface area contributed by atoms with Crippen molar-refractivity contribution in [3.8, 4) is 0 Å². The molecule has 4 nitrogen and oxygen atoms in total. The second-order valence-corrected chi connectivity index (χ2v) is 7.19. The van der Waals surface area contributed by atoms with Gasteiger partial charge in [0.25, 0.3) is 0 Å². The Morgan fingerprint density at radius 3 is 2.53 bits per heavy atom. The highest BCUT2D eigenvalue weighted by molar-refractivity contribution is 8.15. The lowest BCUT2D eigenvalue weighted by atomic mass is 10.1. The maximum atomic E-state index is 11.4. The summed E-state index contributed by atoms with van der Waals surface area (Å²) < 4.78 is 23.7. The summed E-state index contributed by atoms with van der Waals surface area (Å²) in [6, 6.07) is 0. The highest BCUT2D eigenvalue weighted by Gasteiger charge is 2.54. The molecule has 0 unspecified atom stereocenters. The number of aromatic nitrogens is 2. The molecule has 1 fully saturated rings. The maximum Gasteiger partial charge on any atom is 0.238 e. The zero-order chi connectivity index (χ0) is 11.3. The van der Waals surface area contributed by atoms with E-state index in [-0.39, 0.29) is 0 Å². The minimum atomic E-state index is -3.47. The second-order valence-electron chi connectivity index (χ2n) is 4.23. The first kappa shape index (κ1) is 11.0. The first-order valence-electron chi connectivity index (χ1n) is 4.77. The van der Waals surface area contributed by atoms with Gasteiger partial charge in [0.05, 0.1) is 10.4 Å². The number of hydrogen-bond acceptors (Lipinski definition) is 3. The quantitative estimate of drug-likeness (QED) is 0.760. The Morgan fingerprint density at radius 1 is 1.60 bits per heavy atom. The van der Waals surface area contributed by atoms with E-state index < -0.39 is 13.8 Å². The largest absolute Gasteiger partial charge is 0.275 e. The van der Waals surface area contributed by atoms with Crippen molar-refractivity contribution in [2.45, 2.75) is 30.9 Å². The summed E-state index contributed by atoms with van der Waals surface area (Å²) in [5, 5.41) is 4.24. The Balaban J connectivity index is 2.27. The lowest BCUT2D eigenvalue weighted by Crippen LogP contribution is -2.21. The van der Waals surface area contributed by atoms with Gasteiger partial charge in [0.15, 0.2) is 0 Å². The minimum absolute atomic E-state index is 0.436. The summed E-state index contributed by atoms with van der Waals surface area (Å²) >= 11 is 0. The van der Waals surface area contributed by atoms with Gasteiger partial charge in [-0.15, -0.1) is 0 Å². The highest BCUT2D eigenvalue weighted by Crippen LogP contribution is 2.48. The standard InChI is InChI=1S/C9H13ClN2O2S/c1-7-6-12(2)11-8(7)5-9(3-4-9)15(10,13)14/h6H,3-5H2,1-2H3. The van der Waals surface area contributed by atoms with Gasteiger partial charge < -0.3 is 0 Å². The van der Waals surface area contributed by atoms with E-state index in [1.807, 2.05) is 20.2 Å². The van der Waals surface area contributed by atoms with Gasteiger partial charge in [-0.3, -0.25) is 4.68 Å². The van der Waals surface area contributed by atoms with Gasteiger partial charge in [-0.1, -0.05) is 0 Å². The van der Waals surface area contributed by atoms with Crippen molar-refractivity contribution in [2.24, 2.45) is 7.05 Å². The topological polar surface area (TPSA) is 52.0 Å². The van der Waals surface area contributed by atoms with Crippen molar-refractivity contribution < 1.29 is 8.42 Å². The molecule has 0 aromatic carbocycles. The molecule has 0 spiro atoms. The Labute approximate surface area is 93.7 Å². The van der Waals surface area contributed by atoms with Crippen molar-refractivity contribution in [3.05, 3.63) is 17.5 Å². The van der Waals surface area contributed by atoms with Crippen LogP contribution in [-0.4, -0.2) is 22.9 Å². The van der Waals surface area contributed by atoms with Crippen LogP contribution >= 0.6 is 10.7 Å². The van der Waals surface area contributed by atoms with Crippen LogP contribution in [0, 0.1) is 6.92 Å². The average Bonchev–Trinajstić information content (AvgIpc) is 2.76. The normalized spacial score (nSPS) is 19.1. The number of halogens is 1. The van der Waals surface area contributed by atoms with Crippen molar-refractivity contribution in [2.75, 3.05) is 0 Å². The first-order valence-corrected chi connectivity index (χ1v) is 7.08. The van der Waals surface area contributed by atoms with Crippen molar-refractivity contribution in [1.82, 2.24) is 9.78 Å². The molecule has 15 heavy (non-hydrogen) atoms. The molecule has 0 amide bonds. The predicted octanol–water partition coefficient (Wildman–Crippen LogP) is 1.37. The first-order chi connectivity index (χ1) is 6.84. The van der Waals surface area contributed by atoms with E-state index in [2.05, 4.69) is 5.10 Å². The molecule has 1 saturated carbocycles. The third-order valence-electron chi connectivity index (χ3n) is 2.93. The van der Waals surface area contributed by atoms with Gasteiger partial charge in [0.1, 0.15) is 0 Å². The number of rotatable bonds is 3. The molecule has 0 N–H and O–H groups in total. The fraction of sp³-hybridized carbons (Fsp3) is 0.667. The molecule has 1 heterocycles. The van der Waals surface area contributed by atoms with Crippen LogP contribution in [0.5, 0.6) is 0 Å². The van der Waals surface area contributed by atoms with Gasteiger partial charge in [0.2, 0.25) is 9.05 Å². The number of hydrogen-bond donors (Lipinski definition) is 0. The summed E-state index contributed by atoms with van der Waals surface area (Å²) in [5.74, 6) is 0. The number of aryl methyl sites for hydroxylation is 2. The van der Waals surface area contributed by atoms with Crippen LogP contribution in [0.3, 0.4) is 0 Å². The summed E-state index contributed by atoms with van der Waals surface area (Å²) in [6.07, 6.45) is 3.61. The summed E-state index contributed by atoms with van der Waals surface area (Å²) in [5.41, 5.74) is 1.85. The van der Waals surface area contributed by atoms with Crippen LogP contribution in [0.4, 0.5) is 0 Å². The molecular formula is C9H13ClN2O2S. The molecule has 0 saturated heterocycles. The van der Waals surface area contributed by atoms with Gasteiger partial charge in [0, 0.05) is 30.3 Å². The molecule has 0 aliphatic heterocycles. The average molecular weight is 249 g/mol. The van der Waals surface area contributed by atoms with E-state index in [1.165, 1.54) is 0 Å². The minimum Gasteiger partial charge on any atom is -0.275 e. The van der Waals surface area contributed by atoms with E-state index in [9.17, 15) is 8.42 Å². The van der Waals surface area contributed by atoms with Crippen LogP contribution in [0.1, 0.15) is 24.1 Å². The molecule has 1 aromatic heterocycles. The van der Waals surface area contributed by atoms with Gasteiger partial charge in [-0.2, -0.15) is 5.10 Å². The molecule has 0 bridgehead atoms. The monoisotopic (exact) mass is 248 g/mol. The third-order valence-corrected chi connectivity index (χ3v) is 5.50. The number of nitrogens with zero attached hydrogens (tertiary/aromatic N) is 2. The van der Waals surface area contributed by atoms with Gasteiger partial charge in [-0.25, -0.2) is 8.42 Å². The molecule has 1 aliphatic rings. The van der Waals surface area contributed by atoms with Crippen LogP contribution in [0.15, 0.2) is 6.20 Å². The Morgan fingerprint density at radius 2 is 2.20 bits per heavy atom. The lowest BCUT2D eigenvalue weighted by molar-refractivity contribution is 0.587. The highest BCUT2D eigenvalue weighted by atomic mass is 35.7. The lowest BCUT2D eigenvalue weighted by Gasteiger charge is -2.09. The summed E-state index contributed by atoms with van der Waals surface area (Å²) in [4.78, 5) is 0. The fourth-order valence-electron chi connectivity index (χ4n) is 1.78. The van der Waals surface area contributed by atoms with E-state index in [4.69, 9.17) is 10.7 Å². The van der Waals surface area contributed by atoms with E-state index in [0.717, 1.165) is 11.3 Å². The van der Waals surface area contributed by atoms with E-state index in [1.54, 1.807) is 4.68 Å². The Hall–Kier alpha value is -0.550. The van der Waals surface area contributed by atoms with Crippen molar-refractivity contribution in [1.29, 1.82) is 0 Å². The third kappa shape index (κ3) is 1.90. The predicted molar refractivity (Wildman–Crippen MR) is 58.4 cm³/mol. The van der Waals surface area contributed by atoms with Gasteiger partial charge >= 0.3 is 0 Å². The summed E-state index contributed by atoms with van der Waals surface area (Å²) in [7, 11) is 3.78. The van der Waals surface area contributed by atoms with Gasteiger partial charge in [-0.05, 0) is 25.3 Å². The van der Waals surface area contributed by atoms with Crippen LogP contribution in [0.25, 0.3) is 0 Å². The van der Waals surface area contributed by atoms with Crippen LogP contribution in [-0.2, 0) is 22.5 Å². The SMILES string of the molecule is Cc1cn(C)nc1CC1(S(=O)(=O)Cl)CC1. The van der Waals surface area contributed by atoms with E-state index in [0.29, 0.717) is 19.3 Å². The second kappa shape index (κ2) is 3.22. The Kier molecular flexibility index (Phi) is 2.35. The van der Waals surface area contributed by atoms with Crippen LogP contribution < -0.4 is 0 Å². The smallest absolute Gasteiger partial charge is 0.238 e. The molecule has 6 heteroatoms. The van der Waals surface area contributed by atoms with Crippen molar-refractivity contribution >= 4 is 19.7 Å². The molecule has 84 valence electrons. The maximum absolute atomic E-state index is 11.4. The molecular weight excluding hydrogens is 236 g/mol. The van der Waals surface area contributed by atoms with Crippen molar-refractivity contribution in [3.63, 3.8) is 0 Å². The Bertz CT molecular complexity index is 488. The zero-order valence-corrected chi connectivity index (χ0v) is 10.3. The fourth-order valence-corrected chi connectivity index (χ4v) is 3.30. The molecule has 1 aliphatic carbocycles. The summed E-state index contributed by atoms with van der Waals surface area (Å²) in [6.45, 7) is 1.93.